The molecule has 1 rings (SSSR count). The third-order valence-corrected chi connectivity index (χ3v) is 1.98. The van der Waals surface area contributed by atoms with Gasteiger partial charge in [-0.05, 0) is 12.5 Å². The van der Waals surface area contributed by atoms with Crippen LogP contribution < -0.4 is 0 Å². The van der Waals surface area contributed by atoms with Crippen molar-refractivity contribution in [1.82, 2.24) is 0 Å². The van der Waals surface area contributed by atoms with Crippen LogP contribution in [0.5, 0.6) is 0 Å². The third-order valence-electron chi connectivity index (χ3n) is 1.98. The van der Waals surface area contributed by atoms with Crippen molar-refractivity contribution in [2.45, 2.75) is 26.9 Å². The van der Waals surface area contributed by atoms with E-state index in [0.29, 0.717) is 0 Å². The van der Waals surface area contributed by atoms with Crippen LogP contribution in [0.1, 0.15) is 38.0 Å². The van der Waals surface area contributed by atoms with Crippen LogP contribution in [0.2, 0.25) is 0 Å². The summed E-state index contributed by atoms with van der Waals surface area (Å²) >= 11 is 0. The summed E-state index contributed by atoms with van der Waals surface area (Å²) in [6.45, 7) is 5.95. The Labute approximate surface area is 91.4 Å². The highest BCUT2D eigenvalue weighted by Crippen LogP contribution is 2.18. The van der Waals surface area contributed by atoms with Gasteiger partial charge in [0.05, 0.1) is 12.3 Å². The summed E-state index contributed by atoms with van der Waals surface area (Å²) in [6.07, 6.45) is 1.42. The molecule has 0 spiro atoms. The number of hydrogen-bond acceptors (Lipinski definition) is 3. The van der Waals surface area contributed by atoms with Crippen LogP contribution in [0.15, 0.2) is 29.4 Å². The van der Waals surface area contributed by atoms with Crippen LogP contribution in [-0.4, -0.2) is 18.5 Å². The van der Waals surface area contributed by atoms with E-state index in [-0.39, 0.29) is 6.10 Å². The molecular weight excluding hydrogens is 190 g/mol. The monoisotopic (exact) mass is 209 g/mol. The molecule has 0 saturated carbocycles. The van der Waals surface area contributed by atoms with Gasteiger partial charge in [-0.3, -0.25) is 0 Å². The van der Waals surface area contributed by atoms with Gasteiger partial charge in [0.25, 0.3) is 0 Å². The lowest BCUT2D eigenvalue weighted by Gasteiger charge is -2.11. The van der Waals surface area contributed by atoms with E-state index in [1.807, 2.05) is 45.0 Å². The quantitative estimate of drug-likeness (QED) is 0.472. The van der Waals surface area contributed by atoms with E-state index in [9.17, 15) is 0 Å². The maximum Gasteiger partial charge on any atom is 0.0799 e. The molecule has 0 radical (unpaired) electrons. The van der Waals surface area contributed by atoms with Crippen LogP contribution in [0.3, 0.4) is 0 Å². The zero-order chi connectivity index (χ0) is 11.7. The molecule has 0 amide bonds. The molecule has 3 nitrogen and oxygen atoms in total. The Morgan fingerprint density at radius 3 is 2.47 bits per heavy atom. The fourth-order valence-electron chi connectivity index (χ4n) is 1.19. The molecule has 15 heavy (non-hydrogen) atoms. The average molecular weight is 209 g/mol. The fraction of sp³-hybridized carbons (Fsp3) is 0.417. The Bertz CT molecular complexity index is 297. The van der Waals surface area contributed by atoms with E-state index in [4.69, 9.17) is 9.94 Å². The minimum Gasteiger partial charge on any atom is -0.411 e. The van der Waals surface area contributed by atoms with E-state index in [1.54, 1.807) is 7.11 Å². The first-order valence-corrected chi connectivity index (χ1v) is 5.08. The van der Waals surface area contributed by atoms with Crippen LogP contribution >= 0.6 is 0 Å². The number of ether oxygens (including phenoxy) is 1. The Morgan fingerprint density at radius 2 is 1.93 bits per heavy atom. The number of nitrogens with zero attached hydrogens (tertiary/aromatic N) is 1. The van der Waals surface area contributed by atoms with Crippen molar-refractivity contribution in [2.24, 2.45) is 5.16 Å². The molecule has 0 aliphatic heterocycles. The first kappa shape index (κ1) is 13.7. The molecule has 0 aliphatic rings. The number of oxime groups is 1. The first-order chi connectivity index (χ1) is 7.29. The Hall–Kier alpha value is -1.35. The van der Waals surface area contributed by atoms with Crippen molar-refractivity contribution in [3.63, 3.8) is 0 Å². The SMILES string of the molecule is CC.COC(C)c1ccccc1/C=N\O. The summed E-state index contributed by atoms with van der Waals surface area (Å²) < 4.78 is 5.18. The topological polar surface area (TPSA) is 41.8 Å². The van der Waals surface area contributed by atoms with Crippen LogP contribution in [0.25, 0.3) is 0 Å². The number of hydrogen-bond donors (Lipinski definition) is 1. The predicted octanol–water partition coefficient (Wildman–Crippen LogP) is 3.23. The van der Waals surface area contributed by atoms with Crippen molar-refractivity contribution < 1.29 is 9.94 Å². The third kappa shape index (κ3) is 4.13. The Balaban J connectivity index is 0.000000921. The predicted molar refractivity (Wildman–Crippen MR) is 62.6 cm³/mol. The zero-order valence-corrected chi connectivity index (χ0v) is 9.77. The highest BCUT2D eigenvalue weighted by Gasteiger charge is 2.06. The van der Waals surface area contributed by atoms with Gasteiger partial charge >= 0.3 is 0 Å². The molecule has 1 aromatic rings. The molecule has 1 atom stereocenters. The van der Waals surface area contributed by atoms with Crippen molar-refractivity contribution in [1.29, 1.82) is 0 Å². The summed E-state index contributed by atoms with van der Waals surface area (Å²) in [5.74, 6) is 0. The van der Waals surface area contributed by atoms with Gasteiger partial charge < -0.3 is 9.94 Å². The van der Waals surface area contributed by atoms with Crippen molar-refractivity contribution >= 4 is 6.21 Å². The second kappa shape index (κ2) is 8.00. The van der Waals surface area contributed by atoms with E-state index in [0.717, 1.165) is 11.1 Å². The zero-order valence-electron chi connectivity index (χ0n) is 9.77. The molecule has 84 valence electrons. The van der Waals surface area contributed by atoms with E-state index in [1.165, 1.54) is 6.21 Å². The fourth-order valence-corrected chi connectivity index (χ4v) is 1.19. The molecule has 1 N–H and O–H groups in total. The van der Waals surface area contributed by atoms with Crippen LogP contribution in [-0.2, 0) is 4.74 Å². The van der Waals surface area contributed by atoms with E-state index >= 15 is 0 Å². The summed E-state index contributed by atoms with van der Waals surface area (Å²) in [4.78, 5) is 0. The normalized spacial score (nSPS) is 12.0. The lowest BCUT2D eigenvalue weighted by molar-refractivity contribution is 0.119. The molecule has 0 bridgehead atoms. The molecule has 3 heteroatoms. The molecule has 0 aromatic heterocycles. The lowest BCUT2D eigenvalue weighted by Crippen LogP contribution is -2.00. The van der Waals surface area contributed by atoms with Crippen LogP contribution in [0, 0.1) is 0 Å². The van der Waals surface area contributed by atoms with Gasteiger partial charge in [0, 0.05) is 12.7 Å². The lowest BCUT2D eigenvalue weighted by atomic mass is 10.0. The van der Waals surface area contributed by atoms with Gasteiger partial charge in [0.1, 0.15) is 0 Å². The smallest absolute Gasteiger partial charge is 0.0799 e. The summed E-state index contributed by atoms with van der Waals surface area (Å²) in [5.41, 5.74) is 1.89. The molecule has 0 aliphatic carbocycles. The Morgan fingerprint density at radius 1 is 1.33 bits per heavy atom. The van der Waals surface area contributed by atoms with E-state index < -0.39 is 0 Å². The second-order valence-corrected chi connectivity index (χ2v) is 2.75. The Kier molecular flexibility index (Phi) is 7.28. The minimum atomic E-state index is 0.00852. The molecule has 0 saturated heterocycles. The summed E-state index contributed by atoms with van der Waals surface area (Å²) in [6, 6.07) is 7.65. The largest absolute Gasteiger partial charge is 0.411 e. The molecular formula is C12H19NO2. The molecule has 1 unspecified atom stereocenters. The molecule has 0 fully saturated rings. The standard InChI is InChI=1S/C10H13NO2.C2H6/c1-8(13-2)10-6-4-3-5-9(10)7-11-12;1-2/h3-8,12H,1-2H3;1-2H3/b11-7-;. The van der Waals surface area contributed by atoms with Gasteiger partial charge in [-0.1, -0.05) is 43.3 Å². The highest BCUT2D eigenvalue weighted by atomic mass is 16.5. The maximum absolute atomic E-state index is 8.43. The highest BCUT2D eigenvalue weighted by molar-refractivity contribution is 5.81. The van der Waals surface area contributed by atoms with Crippen molar-refractivity contribution in [2.75, 3.05) is 7.11 Å². The summed E-state index contributed by atoms with van der Waals surface area (Å²) in [5, 5.41) is 11.4. The van der Waals surface area contributed by atoms with Gasteiger partial charge in [-0.2, -0.15) is 0 Å². The molecule has 1 aromatic carbocycles. The average Bonchev–Trinajstić information content (AvgIpc) is 2.32. The van der Waals surface area contributed by atoms with Gasteiger partial charge in [0.2, 0.25) is 0 Å². The van der Waals surface area contributed by atoms with Gasteiger partial charge in [0.15, 0.2) is 0 Å². The molecule has 0 heterocycles. The van der Waals surface area contributed by atoms with Crippen molar-refractivity contribution in [3.05, 3.63) is 35.4 Å². The number of rotatable bonds is 3. The maximum atomic E-state index is 8.43. The summed E-state index contributed by atoms with van der Waals surface area (Å²) in [7, 11) is 1.65. The van der Waals surface area contributed by atoms with Gasteiger partial charge in [-0.25, -0.2) is 0 Å². The van der Waals surface area contributed by atoms with Gasteiger partial charge in [-0.15, -0.1) is 0 Å². The van der Waals surface area contributed by atoms with Crippen molar-refractivity contribution in [3.8, 4) is 0 Å². The number of benzene rings is 1. The van der Waals surface area contributed by atoms with Crippen LogP contribution in [0.4, 0.5) is 0 Å². The first-order valence-electron chi connectivity index (χ1n) is 5.08. The second-order valence-electron chi connectivity index (χ2n) is 2.75. The minimum absolute atomic E-state index is 0.00852. The number of methoxy groups -OCH3 is 1. The van der Waals surface area contributed by atoms with E-state index in [2.05, 4.69) is 5.16 Å².